The van der Waals surface area contributed by atoms with Gasteiger partial charge in [0.25, 0.3) is 5.91 Å². The van der Waals surface area contributed by atoms with Crippen LogP contribution >= 0.6 is 15.9 Å². The van der Waals surface area contributed by atoms with Crippen molar-refractivity contribution >= 4 is 27.7 Å². The molecule has 3 aliphatic rings. The van der Waals surface area contributed by atoms with Crippen LogP contribution in [0.4, 0.5) is 5.82 Å². The molecule has 5 rings (SSSR count). The Hall–Kier alpha value is -1.95. The minimum atomic E-state index is 0.0640. The second kappa shape index (κ2) is 6.89. The van der Waals surface area contributed by atoms with E-state index in [2.05, 4.69) is 38.1 Å². The highest BCUT2D eigenvalue weighted by molar-refractivity contribution is 9.10. The second-order valence-corrected chi connectivity index (χ2v) is 8.69. The summed E-state index contributed by atoms with van der Waals surface area (Å²) in [6.07, 6.45) is 8.94. The lowest BCUT2D eigenvalue weighted by Crippen LogP contribution is -2.49. The Morgan fingerprint density at radius 3 is 2.33 bits per heavy atom. The fourth-order valence-electron chi connectivity index (χ4n) is 3.90. The number of nitrogens with zero attached hydrogens (tertiary/aromatic N) is 4. The molecule has 2 aliphatic carbocycles. The Morgan fingerprint density at radius 1 is 0.963 bits per heavy atom. The third-order valence-electron chi connectivity index (χ3n) is 5.82. The van der Waals surface area contributed by atoms with Crippen LogP contribution in [0.2, 0.25) is 0 Å². The summed E-state index contributed by atoms with van der Waals surface area (Å²) in [5.41, 5.74) is 3.52. The van der Waals surface area contributed by atoms with Gasteiger partial charge in [-0.2, -0.15) is 0 Å². The predicted molar refractivity (Wildman–Crippen MR) is 108 cm³/mol. The smallest absolute Gasteiger partial charge is 0.255 e. The molecule has 5 nitrogen and oxygen atoms in total. The predicted octanol–water partition coefficient (Wildman–Crippen LogP) is 3.96. The second-order valence-electron chi connectivity index (χ2n) is 7.88. The number of anilines is 1. The first-order valence-corrected chi connectivity index (χ1v) is 10.6. The molecule has 1 saturated heterocycles. The van der Waals surface area contributed by atoms with Crippen molar-refractivity contribution in [3.05, 3.63) is 51.9 Å². The number of carbonyl (C=O) groups excluding carboxylic acids is 1. The molecule has 2 aromatic rings. The molecule has 1 aliphatic heterocycles. The minimum Gasteiger partial charge on any atom is -0.353 e. The summed E-state index contributed by atoms with van der Waals surface area (Å²) < 4.78 is 0.747. The van der Waals surface area contributed by atoms with Gasteiger partial charge >= 0.3 is 0 Å². The molecule has 2 saturated carbocycles. The third-order valence-corrected chi connectivity index (χ3v) is 6.29. The van der Waals surface area contributed by atoms with E-state index in [9.17, 15) is 4.79 Å². The lowest BCUT2D eigenvalue weighted by Gasteiger charge is -2.36. The summed E-state index contributed by atoms with van der Waals surface area (Å²) in [7, 11) is 0. The quantitative estimate of drug-likeness (QED) is 0.694. The number of hydrogen-bond donors (Lipinski definition) is 0. The first kappa shape index (κ1) is 17.2. The van der Waals surface area contributed by atoms with Gasteiger partial charge in [-0.15, -0.1) is 0 Å². The van der Waals surface area contributed by atoms with Crippen molar-refractivity contribution in [2.75, 3.05) is 31.1 Å². The molecule has 1 amide bonds. The normalized spacial score (nSPS) is 20.0. The summed E-state index contributed by atoms with van der Waals surface area (Å²) in [5, 5.41) is 0. The van der Waals surface area contributed by atoms with Gasteiger partial charge in [0.2, 0.25) is 0 Å². The van der Waals surface area contributed by atoms with Crippen LogP contribution in [0.3, 0.4) is 0 Å². The van der Waals surface area contributed by atoms with Crippen LogP contribution < -0.4 is 4.90 Å². The van der Waals surface area contributed by atoms with Crippen molar-refractivity contribution in [1.82, 2.24) is 14.9 Å². The van der Waals surface area contributed by atoms with E-state index in [0.717, 1.165) is 42.5 Å². The average molecular weight is 427 g/mol. The Bertz CT molecular complexity index is 853. The number of hydrogen-bond acceptors (Lipinski definition) is 4. The highest BCUT2D eigenvalue weighted by Gasteiger charge is 2.33. The summed E-state index contributed by atoms with van der Waals surface area (Å²) in [4.78, 5) is 26.0. The van der Waals surface area contributed by atoms with Crippen molar-refractivity contribution in [1.29, 1.82) is 0 Å². The number of carbonyl (C=O) groups is 1. The lowest BCUT2D eigenvalue weighted by atomic mass is 10.1. The van der Waals surface area contributed by atoms with Crippen molar-refractivity contribution in [3.63, 3.8) is 0 Å². The molecule has 0 radical (unpaired) electrons. The summed E-state index contributed by atoms with van der Waals surface area (Å²) in [5.74, 6) is 2.66. The monoisotopic (exact) mass is 426 g/mol. The van der Waals surface area contributed by atoms with E-state index >= 15 is 0 Å². The summed E-state index contributed by atoms with van der Waals surface area (Å²) in [6, 6.07) is 6.06. The van der Waals surface area contributed by atoms with Crippen LogP contribution in [-0.4, -0.2) is 47.0 Å². The van der Waals surface area contributed by atoms with Gasteiger partial charge in [-0.1, -0.05) is 6.07 Å². The summed E-state index contributed by atoms with van der Waals surface area (Å²) >= 11 is 3.32. The Labute approximate surface area is 167 Å². The number of piperazine rings is 1. The van der Waals surface area contributed by atoms with Gasteiger partial charge in [0, 0.05) is 38.6 Å². The number of pyridine rings is 2. The molecule has 6 heteroatoms. The molecule has 0 atom stereocenters. The van der Waals surface area contributed by atoms with Crippen LogP contribution in [0.15, 0.2) is 35.2 Å². The molecule has 0 bridgehead atoms. The Kier molecular flexibility index (Phi) is 4.38. The fourth-order valence-corrected chi connectivity index (χ4v) is 4.13. The third kappa shape index (κ3) is 3.59. The number of amides is 1. The maximum Gasteiger partial charge on any atom is 0.255 e. The van der Waals surface area contributed by atoms with Crippen LogP contribution in [0.5, 0.6) is 0 Å². The van der Waals surface area contributed by atoms with Crippen molar-refractivity contribution in [2.45, 2.75) is 37.5 Å². The average Bonchev–Trinajstić information content (AvgIpc) is 3.60. The maximum absolute atomic E-state index is 12.7. The summed E-state index contributed by atoms with van der Waals surface area (Å²) in [6.45, 7) is 3.13. The van der Waals surface area contributed by atoms with Gasteiger partial charge < -0.3 is 9.80 Å². The number of rotatable bonds is 4. The molecule has 140 valence electrons. The molecular formula is C21H23BrN4O. The molecule has 27 heavy (non-hydrogen) atoms. The molecule has 2 aromatic heterocycles. The maximum atomic E-state index is 12.7. The molecule has 3 heterocycles. The van der Waals surface area contributed by atoms with E-state index in [1.165, 1.54) is 36.8 Å². The largest absolute Gasteiger partial charge is 0.353 e. The van der Waals surface area contributed by atoms with Gasteiger partial charge in [0.05, 0.1) is 5.56 Å². The van der Waals surface area contributed by atoms with Gasteiger partial charge in [-0.3, -0.25) is 4.79 Å². The van der Waals surface area contributed by atoms with Gasteiger partial charge in [-0.05, 0) is 76.7 Å². The van der Waals surface area contributed by atoms with E-state index in [1.54, 1.807) is 6.20 Å². The van der Waals surface area contributed by atoms with E-state index in [1.807, 2.05) is 17.0 Å². The lowest BCUT2D eigenvalue weighted by molar-refractivity contribution is 0.0746. The SMILES string of the molecule is O=C(c1ccc(Br)nc1)N1CCN(c2ncc(C3CC3)cc2C2CC2)CC1. The van der Waals surface area contributed by atoms with Crippen molar-refractivity contribution in [3.8, 4) is 0 Å². The molecular weight excluding hydrogens is 404 g/mol. The van der Waals surface area contributed by atoms with Crippen LogP contribution in [0, 0.1) is 0 Å². The zero-order chi connectivity index (χ0) is 18.4. The van der Waals surface area contributed by atoms with E-state index in [0.29, 0.717) is 11.5 Å². The van der Waals surface area contributed by atoms with Gasteiger partial charge in [0.1, 0.15) is 10.4 Å². The molecule has 0 aromatic carbocycles. The first-order chi connectivity index (χ1) is 13.2. The standard InChI is InChI=1S/C21H23BrN4O/c22-19-6-5-16(12-23-19)21(27)26-9-7-25(8-10-26)20-18(15-3-4-15)11-17(13-24-20)14-1-2-14/h5-6,11-15H,1-4,7-10H2. The Morgan fingerprint density at radius 2 is 1.70 bits per heavy atom. The highest BCUT2D eigenvalue weighted by Crippen LogP contribution is 2.47. The van der Waals surface area contributed by atoms with E-state index < -0.39 is 0 Å². The van der Waals surface area contributed by atoms with E-state index in [4.69, 9.17) is 4.98 Å². The van der Waals surface area contributed by atoms with Gasteiger partial charge in [0.15, 0.2) is 0 Å². The van der Waals surface area contributed by atoms with E-state index in [-0.39, 0.29) is 5.91 Å². The fraction of sp³-hybridized carbons (Fsp3) is 0.476. The van der Waals surface area contributed by atoms with Crippen LogP contribution in [-0.2, 0) is 0 Å². The zero-order valence-corrected chi connectivity index (χ0v) is 16.9. The highest BCUT2D eigenvalue weighted by atomic mass is 79.9. The molecule has 0 unspecified atom stereocenters. The number of halogens is 1. The number of aromatic nitrogens is 2. The molecule has 0 spiro atoms. The Balaban J connectivity index is 1.29. The van der Waals surface area contributed by atoms with Crippen molar-refractivity contribution in [2.24, 2.45) is 0 Å². The van der Waals surface area contributed by atoms with Crippen LogP contribution in [0.25, 0.3) is 0 Å². The van der Waals surface area contributed by atoms with Crippen LogP contribution in [0.1, 0.15) is 59.0 Å². The minimum absolute atomic E-state index is 0.0640. The topological polar surface area (TPSA) is 49.3 Å². The molecule has 3 fully saturated rings. The van der Waals surface area contributed by atoms with Crippen molar-refractivity contribution < 1.29 is 4.79 Å². The molecule has 0 N–H and O–H groups in total. The first-order valence-electron chi connectivity index (χ1n) is 9.84. The zero-order valence-electron chi connectivity index (χ0n) is 15.3. The van der Waals surface area contributed by atoms with Gasteiger partial charge in [-0.25, -0.2) is 9.97 Å².